The molecule has 7 nitrogen and oxygen atoms in total. The molecule has 31 heavy (non-hydrogen) atoms. The van der Waals surface area contributed by atoms with Crippen LogP contribution in [0.1, 0.15) is 37.6 Å². The number of aryl methyl sites for hydroxylation is 1. The molecule has 0 saturated carbocycles. The molecule has 3 heterocycles. The Labute approximate surface area is 182 Å². The van der Waals surface area contributed by atoms with E-state index in [1.807, 2.05) is 55.7 Å². The molecule has 1 saturated heterocycles. The number of anilines is 1. The Bertz CT molecular complexity index is 977. The topological polar surface area (TPSA) is 80.2 Å². The van der Waals surface area contributed by atoms with Gasteiger partial charge in [0, 0.05) is 37.0 Å². The number of carbonyl (C=O) groups excluding carboxylic acids is 1. The molecule has 1 N–H and O–H groups in total. The second kappa shape index (κ2) is 10.1. The van der Waals surface area contributed by atoms with Gasteiger partial charge in [0.15, 0.2) is 0 Å². The molecule has 3 aromatic rings. The Kier molecular flexibility index (Phi) is 6.84. The monoisotopic (exact) mass is 417 g/mol. The van der Waals surface area contributed by atoms with Gasteiger partial charge in [-0.15, -0.1) is 0 Å². The van der Waals surface area contributed by atoms with Gasteiger partial charge in [0.2, 0.25) is 11.8 Å². The van der Waals surface area contributed by atoms with E-state index in [4.69, 9.17) is 4.74 Å². The third kappa shape index (κ3) is 5.64. The number of hydrogen-bond acceptors (Lipinski definition) is 6. The number of carbonyl (C=O) groups is 1. The first-order valence-corrected chi connectivity index (χ1v) is 10.7. The van der Waals surface area contributed by atoms with E-state index in [0.717, 1.165) is 49.4 Å². The third-order valence-corrected chi connectivity index (χ3v) is 5.35. The van der Waals surface area contributed by atoms with Gasteiger partial charge in [-0.1, -0.05) is 31.5 Å². The minimum absolute atomic E-state index is 0.00988. The number of nitrogens with zero attached hydrogens (tertiary/aromatic N) is 4. The number of benzene rings is 1. The van der Waals surface area contributed by atoms with Gasteiger partial charge in [-0.2, -0.15) is 0 Å². The zero-order valence-electron chi connectivity index (χ0n) is 17.7. The molecule has 0 spiro atoms. The van der Waals surface area contributed by atoms with Gasteiger partial charge in [0.25, 0.3) is 0 Å². The maximum atomic E-state index is 13.0. The molecular weight excluding hydrogens is 390 g/mol. The summed E-state index contributed by atoms with van der Waals surface area (Å²) in [5.74, 6) is 2.04. The molecule has 0 aliphatic carbocycles. The van der Waals surface area contributed by atoms with Crippen LogP contribution in [0.3, 0.4) is 0 Å². The Morgan fingerprint density at radius 1 is 1.06 bits per heavy atom. The first-order chi connectivity index (χ1) is 15.2. The van der Waals surface area contributed by atoms with Crippen molar-refractivity contribution in [2.24, 2.45) is 0 Å². The zero-order valence-corrected chi connectivity index (χ0v) is 17.7. The van der Waals surface area contributed by atoms with Crippen LogP contribution < -0.4 is 10.1 Å². The Morgan fingerprint density at radius 2 is 1.87 bits per heavy atom. The van der Waals surface area contributed by atoms with Gasteiger partial charge < -0.3 is 10.1 Å². The van der Waals surface area contributed by atoms with Crippen molar-refractivity contribution in [3.8, 4) is 11.6 Å². The second-order valence-electron chi connectivity index (χ2n) is 7.63. The largest absolute Gasteiger partial charge is 0.439 e. The first kappa shape index (κ1) is 20.9. The standard InChI is InChI=1S/C24H27N5O2/c1-2-22-25-14-18(15-26-22)17-29-13-7-6-10-21(29)24(30)28-19-11-12-23(27-16-19)31-20-8-4-3-5-9-20/h3-5,8-9,11-12,14-16,21H,2,6-7,10,13,17H2,1H3,(H,28,30)/t21-/m1/s1. The molecule has 0 unspecified atom stereocenters. The van der Waals surface area contributed by atoms with E-state index < -0.39 is 0 Å². The first-order valence-electron chi connectivity index (χ1n) is 10.7. The van der Waals surface area contributed by atoms with Crippen molar-refractivity contribution in [2.45, 2.75) is 45.2 Å². The van der Waals surface area contributed by atoms with Crippen molar-refractivity contribution in [3.63, 3.8) is 0 Å². The van der Waals surface area contributed by atoms with Crippen molar-refractivity contribution >= 4 is 11.6 Å². The van der Waals surface area contributed by atoms with E-state index >= 15 is 0 Å². The van der Waals surface area contributed by atoms with Crippen LogP contribution in [0.15, 0.2) is 61.1 Å². The number of amides is 1. The molecule has 2 aromatic heterocycles. The minimum atomic E-state index is -0.181. The average molecular weight is 418 g/mol. The SMILES string of the molecule is CCc1ncc(CN2CCCC[C@@H]2C(=O)Nc2ccc(Oc3ccccc3)nc2)cn1. The van der Waals surface area contributed by atoms with Crippen LogP contribution in [0.2, 0.25) is 0 Å². The van der Waals surface area contributed by atoms with Gasteiger partial charge in [-0.05, 0) is 37.6 Å². The van der Waals surface area contributed by atoms with Gasteiger partial charge >= 0.3 is 0 Å². The molecule has 160 valence electrons. The maximum absolute atomic E-state index is 13.0. The van der Waals surface area contributed by atoms with Gasteiger partial charge in [0.05, 0.1) is 17.9 Å². The Balaban J connectivity index is 1.37. The molecule has 1 amide bonds. The molecule has 7 heteroatoms. The van der Waals surface area contributed by atoms with E-state index in [2.05, 4.69) is 25.2 Å². The summed E-state index contributed by atoms with van der Waals surface area (Å²) >= 11 is 0. The highest BCUT2D eigenvalue weighted by molar-refractivity contribution is 5.94. The molecule has 1 atom stereocenters. The number of aromatic nitrogens is 3. The summed E-state index contributed by atoms with van der Waals surface area (Å²) in [6, 6.07) is 12.9. The molecule has 1 fully saturated rings. The predicted octanol–water partition coefficient (Wildman–Crippen LogP) is 4.22. The smallest absolute Gasteiger partial charge is 0.241 e. The van der Waals surface area contributed by atoms with Gasteiger partial charge in [0.1, 0.15) is 11.6 Å². The number of nitrogens with one attached hydrogen (secondary N) is 1. The Hall–Kier alpha value is -3.32. The fraction of sp³-hybridized carbons (Fsp3) is 0.333. The van der Waals surface area contributed by atoms with Crippen molar-refractivity contribution in [3.05, 3.63) is 72.4 Å². The molecule has 1 aliphatic heterocycles. The van der Waals surface area contributed by atoms with E-state index in [9.17, 15) is 4.79 Å². The van der Waals surface area contributed by atoms with E-state index in [0.29, 0.717) is 18.1 Å². The lowest BCUT2D eigenvalue weighted by Crippen LogP contribution is -2.46. The van der Waals surface area contributed by atoms with Crippen LogP contribution in [0.25, 0.3) is 0 Å². The summed E-state index contributed by atoms with van der Waals surface area (Å²) in [5.41, 5.74) is 1.69. The lowest BCUT2D eigenvalue weighted by atomic mass is 10.0. The van der Waals surface area contributed by atoms with Crippen molar-refractivity contribution in [2.75, 3.05) is 11.9 Å². The van der Waals surface area contributed by atoms with Crippen molar-refractivity contribution < 1.29 is 9.53 Å². The number of hydrogen-bond donors (Lipinski definition) is 1. The van der Waals surface area contributed by atoms with Crippen LogP contribution in [-0.2, 0) is 17.8 Å². The van der Waals surface area contributed by atoms with Crippen LogP contribution >= 0.6 is 0 Å². The number of ether oxygens (including phenoxy) is 1. The summed E-state index contributed by atoms with van der Waals surface area (Å²) in [7, 11) is 0. The van der Waals surface area contributed by atoms with Gasteiger partial charge in [-0.25, -0.2) is 15.0 Å². The summed E-state index contributed by atoms with van der Waals surface area (Å²) in [4.78, 5) is 28.3. The van der Waals surface area contributed by atoms with Crippen molar-refractivity contribution in [1.82, 2.24) is 19.9 Å². The lowest BCUT2D eigenvalue weighted by Gasteiger charge is -2.34. The number of rotatable bonds is 7. The molecule has 0 radical (unpaired) electrons. The van der Waals surface area contributed by atoms with Gasteiger partial charge in [-0.3, -0.25) is 9.69 Å². The number of para-hydroxylation sites is 1. The van der Waals surface area contributed by atoms with Crippen LogP contribution in [0, 0.1) is 0 Å². The highest BCUT2D eigenvalue weighted by Crippen LogP contribution is 2.23. The normalized spacial score (nSPS) is 16.6. The summed E-state index contributed by atoms with van der Waals surface area (Å²) in [6.45, 7) is 3.59. The Morgan fingerprint density at radius 3 is 2.58 bits per heavy atom. The lowest BCUT2D eigenvalue weighted by molar-refractivity contribution is -0.122. The fourth-order valence-corrected chi connectivity index (χ4v) is 3.71. The van der Waals surface area contributed by atoms with Crippen LogP contribution in [0.5, 0.6) is 11.6 Å². The highest BCUT2D eigenvalue weighted by atomic mass is 16.5. The average Bonchev–Trinajstić information content (AvgIpc) is 2.82. The molecule has 4 rings (SSSR count). The fourth-order valence-electron chi connectivity index (χ4n) is 3.71. The molecular formula is C24H27N5O2. The molecule has 1 aromatic carbocycles. The third-order valence-electron chi connectivity index (χ3n) is 5.35. The molecule has 1 aliphatic rings. The molecule has 0 bridgehead atoms. The van der Waals surface area contributed by atoms with E-state index in [1.165, 1.54) is 0 Å². The van der Waals surface area contributed by atoms with Crippen LogP contribution in [0.4, 0.5) is 5.69 Å². The predicted molar refractivity (Wildman–Crippen MR) is 119 cm³/mol. The van der Waals surface area contributed by atoms with Crippen molar-refractivity contribution in [1.29, 1.82) is 0 Å². The second-order valence-corrected chi connectivity index (χ2v) is 7.63. The summed E-state index contributed by atoms with van der Waals surface area (Å²) in [5, 5.41) is 3.01. The highest BCUT2D eigenvalue weighted by Gasteiger charge is 2.29. The zero-order chi connectivity index (χ0) is 21.5. The summed E-state index contributed by atoms with van der Waals surface area (Å²) < 4.78 is 5.71. The summed E-state index contributed by atoms with van der Waals surface area (Å²) in [6.07, 6.45) is 9.14. The van der Waals surface area contributed by atoms with E-state index in [1.54, 1.807) is 12.3 Å². The quantitative estimate of drug-likeness (QED) is 0.620. The number of likely N-dealkylation sites (tertiary alicyclic amines) is 1. The maximum Gasteiger partial charge on any atom is 0.241 e. The van der Waals surface area contributed by atoms with Crippen LogP contribution in [-0.4, -0.2) is 38.3 Å². The number of piperidine rings is 1. The number of pyridine rings is 1. The van der Waals surface area contributed by atoms with E-state index in [-0.39, 0.29) is 11.9 Å². The minimum Gasteiger partial charge on any atom is -0.439 e.